The molecule has 0 fully saturated rings. The molecule has 48 valence electrons. The van der Waals surface area contributed by atoms with Crippen LogP contribution >= 0.6 is 0 Å². The molecular formula is H4Cl4FeN-3. The molecule has 0 radical (unpaired) electrons. The van der Waals surface area contributed by atoms with Gasteiger partial charge in [0.15, 0.2) is 0 Å². The number of hydrogen-bond acceptors (Lipinski definition) is 0. The van der Waals surface area contributed by atoms with Crippen molar-refractivity contribution in [2.45, 2.75) is 0 Å². The molecule has 6 heteroatoms. The van der Waals surface area contributed by atoms with Crippen LogP contribution in [-0.4, -0.2) is 0 Å². The topological polar surface area (TPSA) is 36.5 Å². The minimum atomic E-state index is 0. The van der Waals surface area contributed by atoms with Crippen molar-refractivity contribution in [1.29, 1.82) is 0 Å². The van der Waals surface area contributed by atoms with E-state index in [-0.39, 0.29) is 72.8 Å². The monoisotopic (exact) mass is 214 g/mol. The van der Waals surface area contributed by atoms with Gasteiger partial charge in [-0.1, -0.05) is 0 Å². The molecular weight excluding hydrogens is 212 g/mol. The van der Waals surface area contributed by atoms with E-state index in [0.29, 0.717) is 0 Å². The van der Waals surface area contributed by atoms with Crippen molar-refractivity contribution in [3.05, 3.63) is 0 Å². The minimum Gasteiger partial charge on any atom is -1.00 e. The normalized spacial score (nSPS) is 0. The van der Waals surface area contributed by atoms with Gasteiger partial charge >= 0.3 is 0 Å². The molecule has 0 aromatic rings. The maximum Gasteiger partial charge on any atom is 0 e. The zero-order chi connectivity index (χ0) is 0. The third-order valence-corrected chi connectivity index (χ3v) is 0. The minimum absolute atomic E-state index is 0. The molecule has 1 nitrogen and oxygen atoms in total. The zero-order valence-corrected chi connectivity index (χ0v) is 6.99. The van der Waals surface area contributed by atoms with Crippen LogP contribution in [0.25, 0.3) is 0 Å². The second kappa shape index (κ2) is 78.6. The smallest absolute Gasteiger partial charge is 0 e. The van der Waals surface area contributed by atoms with Crippen molar-refractivity contribution < 1.29 is 66.7 Å². The molecule has 0 rings (SSSR count). The van der Waals surface area contributed by atoms with Gasteiger partial charge in [0.25, 0.3) is 0 Å². The van der Waals surface area contributed by atoms with E-state index in [0.717, 1.165) is 0 Å². The van der Waals surface area contributed by atoms with Gasteiger partial charge in [-0.15, -0.1) is 0 Å². The Labute approximate surface area is 72.7 Å². The van der Waals surface area contributed by atoms with Crippen molar-refractivity contribution in [3.63, 3.8) is 0 Å². The maximum absolute atomic E-state index is 0. The Balaban J connectivity index is 0. The van der Waals surface area contributed by atoms with Crippen LogP contribution in [0.1, 0.15) is 0 Å². The SMILES string of the molecule is [Cl-].[Cl-].[Cl-].[Cl-].[Fe].[NH4+]. The van der Waals surface area contributed by atoms with Crippen LogP contribution in [0.15, 0.2) is 0 Å². The van der Waals surface area contributed by atoms with E-state index in [4.69, 9.17) is 0 Å². The second-order valence-corrected chi connectivity index (χ2v) is 0. The van der Waals surface area contributed by atoms with E-state index in [1.807, 2.05) is 0 Å². The van der Waals surface area contributed by atoms with Crippen molar-refractivity contribution >= 4 is 0 Å². The predicted octanol–water partition coefficient (Wildman–Crippen LogP) is -11.6. The van der Waals surface area contributed by atoms with Gasteiger partial charge in [-0.3, -0.25) is 0 Å². The molecule has 6 heavy (non-hydrogen) atoms. The van der Waals surface area contributed by atoms with Crippen LogP contribution < -0.4 is 55.8 Å². The van der Waals surface area contributed by atoms with E-state index >= 15 is 0 Å². The Morgan fingerprint density at radius 1 is 0.500 bits per heavy atom. The Morgan fingerprint density at radius 2 is 0.500 bits per heavy atom. The van der Waals surface area contributed by atoms with Crippen LogP contribution in [-0.2, 0) is 17.1 Å². The van der Waals surface area contributed by atoms with E-state index in [2.05, 4.69) is 0 Å². The van der Waals surface area contributed by atoms with Crippen LogP contribution in [0.2, 0.25) is 0 Å². The van der Waals surface area contributed by atoms with Gasteiger partial charge in [0, 0.05) is 17.1 Å². The number of hydrogen-bond donors (Lipinski definition) is 1. The van der Waals surface area contributed by atoms with Gasteiger partial charge in [0.1, 0.15) is 0 Å². The van der Waals surface area contributed by atoms with Crippen molar-refractivity contribution in [1.82, 2.24) is 6.15 Å². The summed E-state index contributed by atoms with van der Waals surface area (Å²) in [5.41, 5.74) is 0. The summed E-state index contributed by atoms with van der Waals surface area (Å²) in [7, 11) is 0. The molecule has 0 unspecified atom stereocenters. The van der Waals surface area contributed by atoms with E-state index in [9.17, 15) is 0 Å². The molecule has 0 spiro atoms. The first kappa shape index (κ1) is 125. The van der Waals surface area contributed by atoms with Crippen LogP contribution in [0.5, 0.6) is 0 Å². The molecule has 0 saturated carbocycles. The summed E-state index contributed by atoms with van der Waals surface area (Å²) in [6, 6.07) is 0. The summed E-state index contributed by atoms with van der Waals surface area (Å²) >= 11 is 0. The molecule has 0 saturated heterocycles. The predicted molar refractivity (Wildman–Crippen MR) is 5.98 cm³/mol. The molecule has 0 aromatic heterocycles. The average Bonchev–Trinajstić information content (AvgIpc) is 0. The van der Waals surface area contributed by atoms with Crippen LogP contribution in [0, 0.1) is 0 Å². The first-order valence-electron chi connectivity index (χ1n) is 0. The van der Waals surface area contributed by atoms with E-state index < -0.39 is 0 Å². The molecule has 0 atom stereocenters. The molecule has 0 bridgehead atoms. The van der Waals surface area contributed by atoms with Crippen molar-refractivity contribution in [2.75, 3.05) is 0 Å². The second-order valence-electron chi connectivity index (χ2n) is 0. The standard InChI is InChI=1S/4ClH.Fe.H3N/h4*1H;;1H3/p-3. The van der Waals surface area contributed by atoms with Gasteiger partial charge in [-0.05, 0) is 0 Å². The summed E-state index contributed by atoms with van der Waals surface area (Å²) in [5.74, 6) is 0. The van der Waals surface area contributed by atoms with Crippen LogP contribution in [0.4, 0.5) is 0 Å². The molecule has 0 aliphatic heterocycles. The Hall–Kier alpha value is 1.64. The number of rotatable bonds is 0. The van der Waals surface area contributed by atoms with Gasteiger partial charge < -0.3 is 55.8 Å². The molecule has 4 N–H and O–H groups in total. The third-order valence-electron chi connectivity index (χ3n) is 0. The summed E-state index contributed by atoms with van der Waals surface area (Å²) in [6.45, 7) is 0. The summed E-state index contributed by atoms with van der Waals surface area (Å²) in [6.07, 6.45) is 0. The first-order chi connectivity index (χ1) is 0. The number of halogens is 4. The van der Waals surface area contributed by atoms with Gasteiger partial charge in [-0.2, -0.15) is 0 Å². The summed E-state index contributed by atoms with van der Waals surface area (Å²) < 4.78 is 0. The average molecular weight is 216 g/mol. The fraction of sp³-hybridized carbons (Fsp3) is 0. The van der Waals surface area contributed by atoms with E-state index in [1.54, 1.807) is 0 Å². The molecule has 0 aliphatic carbocycles. The van der Waals surface area contributed by atoms with Gasteiger partial charge in [-0.25, -0.2) is 0 Å². The summed E-state index contributed by atoms with van der Waals surface area (Å²) in [4.78, 5) is 0. The molecule has 0 aromatic carbocycles. The fourth-order valence-electron chi connectivity index (χ4n) is 0. The molecule has 0 heterocycles. The maximum atomic E-state index is 0. The Bertz CT molecular complexity index is 7.51. The Morgan fingerprint density at radius 3 is 0.500 bits per heavy atom. The van der Waals surface area contributed by atoms with Gasteiger partial charge in [0.2, 0.25) is 0 Å². The molecule has 0 amide bonds. The van der Waals surface area contributed by atoms with Crippen molar-refractivity contribution in [2.24, 2.45) is 0 Å². The zero-order valence-electron chi connectivity index (χ0n) is 2.87. The largest absolute Gasteiger partial charge is 1.00 e. The van der Waals surface area contributed by atoms with Crippen molar-refractivity contribution in [3.8, 4) is 0 Å². The third kappa shape index (κ3) is 45.2. The first-order valence-corrected chi connectivity index (χ1v) is 0. The summed E-state index contributed by atoms with van der Waals surface area (Å²) in [5, 5.41) is 0. The number of quaternary nitrogens is 1. The van der Waals surface area contributed by atoms with Crippen LogP contribution in [0.3, 0.4) is 0 Å². The van der Waals surface area contributed by atoms with Gasteiger partial charge in [0.05, 0.1) is 0 Å². The fourth-order valence-corrected chi connectivity index (χ4v) is 0. The Kier molecular flexibility index (Phi) is 1640. The molecule has 0 aliphatic rings. The van der Waals surface area contributed by atoms with E-state index in [1.165, 1.54) is 0 Å². The quantitative estimate of drug-likeness (QED) is 0.390.